The van der Waals surface area contributed by atoms with Crippen LogP contribution in [-0.2, 0) is 9.53 Å². The van der Waals surface area contributed by atoms with Crippen LogP contribution in [-0.4, -0.2) is 60.4 Å². The van der Waals surface area contributed by atoms with Crippen molar-refractivity contribution in [1.29, 1.82) is 0 Å². The second-order valence-corrected chi connectivity index (χ2v) is 5.13. The number of aliphatic carboxylic acids is 1. The summed E-state index contributed by atoms with van der Waals surface area (Å²) in [6.07, 6.45) is 2.47. The van der Waals surface area contributed by atoms with E-state index in [1.165, 1.54) is 0 Å². The van der Waals surface area contributed by atoms with Crippen molar-refractivity contribution < 1.29 is 14.6 Å². The molecule has 0 aliphatic carbocycles. The molecule has 0 aromatic rings. The Bertz CT molecular complexity index is 267. The topological polar surface area (TPSA) is 61.8 Å². The maximum atomic E-state index is 11.4. The quantitative estimate of drug-likeness (QED) is 0.678. The first-order valence-electron chi connectivity index (χ1n) is 6.84. The number of nitrogens with zero attached hydrogens (tertiary/aromatic N) is 1. The van der Waals surface area contributed by atoms with Crippen LogP contribution in [0.15, 0.2) is 0 Å². The highest BCUT2D eigenvalue weighted by molar-refractivity contribution is 5.78. The highest BCUT2D eigenvalue weighted by Gasteiger charge is 2.34. The molecule has 18 heavy (non-hydrogen) atoms. The molecule has 0 bridgehead atoms. The molecular formula is C13H26N2O3. The molecule has 0 aromatic heterocycles. The smallest absolute Gasteiger partial charge is 0.324 e. The first-order chi connectivity index (χ1) is 8.51. The maximum absolute atomic E-state index is 11.4. The van der Waals surface area contributed by atoms with Crippen LogP contribution < -0.4 is 5.32 Å². The van der Waals surface area contributed by atoms with E-state index in [1.54, 1.807) is 6.92 Å². The average Bonchev–Trinajstić information content (AvgIpc) is 2.81. The Morgan fingerprint density at radius 1 is 1.56 bits per heavy atom. The number of hydrogen-bond donors (Lipinski definition) is 2. The molecule has 1 aliphatic heterocycles. The van der Waals surface area contributed by atoms with Crippen molar-refractivity contribution in [2.75, 3.05) is 32.8 Å². The summed E-state index contributed by atoms with van der Waals surface area (Å²) in [5, 5.41) is 12.4. The number of carboxylic acids is 1. The van der Waals surface area contributed by atoms with Gasteiger partial charge in [0.25, 0.3) is 0 Å². The van der Waals surface area contributed by atoms with Crippen LogP contribution in [0.25, 0.3) is 0 Å². The molecule has 1 fully saturated rings. The minimum Gasteiger partial charge on any atom is -0.480 e. The molecule has 0 aromatic carbocycles. The molecule has 0 saturated carbocycles. The van der Waals surface area contributed by atoms with E-state index in [-0.39, 0.29) is 6.10 Å². The standard InChI is InChI=1S/C13H26N2O3/c1-4-14-13(3,12(16)17)10-15(5-2)9-11-7-6-8-18-11/h11,14H,4-10H2,1-3H3,(H,16,17). The number of carbonyl (C=O) groups is 1. The molecule has 106 valence electrons. The fourth-order valence-electron chi connectivity index (χ4n) is 2.42. The van der Waals surface area contributed by atoms with Crippen molar-refractivity contribution in [2.45, 2.75) is 45.3 Å². The van der Waals surface area contributed by atoms with E-state index >= 15 is 0 Å². The van der Waals surface area contributed by atoms with Gasteiger partial charge >= 0.3 is 5.97 Å². The molecule has 0 radical (unpaired) electrons. The molecular weight excluding hydrogens is 232 g/mol. The molecule has 5 heteroatoms. The van der Waals surface area contributed by atoms with Gasteiger partial charge in [-0.05, 0) is 32.9 Å². The average molecular weight is 258 g/mol. The first-order valence-corrected chi connectivity index (χ1v) is 6.84. The van der Waals surface area contributed by atoms with E-state index in [0.717, 1.165) is 32.5 Å². The number of hydrogen-bond acceptors (Lipinski definition) is 4. The fraction of sp³-hybridized carbons (Fsp3) is 0.923. The van der Waals surface area contributed by atoms with E-state index in [0.29, 0.717) is 13.1 Å². The van der Waals surface area contributed by atoms with E-state index in [2.05, 4.69) is 17.1 Å². The predicted molar refractivity (Wildman–Crippen MR) is 70.8 cm³/mol. The molecule has 2 N–H and O–H groups in total. The van der Waals surface area contributed by atoms with Crippen molar-refractivity contribution in [2.24, 2.45) is 0 Å². The summed E-state index contributed by atoms with van der Waals surface area (Å²) in [6.45, 7) is 9.40. The van der Waals surface area contributed by atoms with Gasteiger partial charge < -0.3 is 15.2 Å². The molecule has 1 saturated heterocycles. The molecule has 2 unspecified atom stereocenters. The van der Waals surface area contributed by atoms with Crippen LogP contribution in [0, 0.1) is 0 Å². The Morgan fingerprint density at radius 3 is 2.72 bits per heavy atom. The molecule has 5 nitrogen and oxygen atoms in total. The minimum atomic E-state index is -0.886. The highest BCUT2D eigenvalue weighted by atomic mass is 16.5. The summed E-state index contributed by atoms with van der Waals surface area (Å²) in [7, 11) is 0. The van der Waals surface area contributed by atoms with Crippen LogP contribution in [0.3, 0.4) is 0 Å². The number of likely N-dealkylation sites (N-methyl/N-ethyl adjacent to an activating group) is 2. The number of ether oxygens (including phenoxy) is 1. The van der Waals surface area contributed by atoms with Crippen molar-refractivity contribution in [3.8, 4) is 0 Å². The van der Waals surface area contributed by atoms with Crippen molar-refractivity contribution in [3.63, 3.8) is 0 Å². The van der Waals surface area contributed by atoms with E-state index < -0.39 is 11.5 Å². The summed E-state index contributed by atoms with van der Waals surface area (Å²) in [6, 6.07) is 0. The van der Waals surface area contributed by atoms with Crippen LogP contribution in [0.1, 0.15) is 33.6 Å². The zero-order valence-corrected chi connectivity index (χ0v) is 11.7. The lowest BCUT2D eigenvalue weighted by Gasteiger charge is -2.33. The van der Waals surface area contributed by atoms with Crippen molar-refractivity contribution in [3.05, 3.63) is 0 Å². The number of rotatable bonds is 8. The van der Waals surface area contributed by atoms with Gasteiger partial charge in [0, 0.05) is 19.7 Å². The minimum absolute atomic E-state index is 0.268. The van der Waals surface area contributed by atoms with Crippen molar-refractivity contribution >= 4 is 5.97 Å². The second-order valence-electron chi connectivity index (χ2n) is 5.13. The van der Waals surface area contributed by atoms with Crippen LogP contribution in [0.4, 0.5) is 0 Å². The molecule has 2 atom stereocenters. The van der Waals surface area contributed by atoms with E-state index in [4.69, 9.17) is 4.74 Å². The summed E-state index contributed by atoms with van der Waals surface area (Å²) >= 11 is 0. The van der Waals surface area contributed by atoms with Gasteiger partial charge in [-0.15, -0.1) is 0 Å². The largest absolute Gasteiger partial charge is 0.480 e. The zero-order chi connectivity index (χ0) is 13.6. The Balaban J connectivity index is 2.55. The van der Waals surface area contributed by atoms with Gasteiger partial charge in [-0.1, -0.05) is 13.8 Å². The summed E-state index contributed by atoms with van der Waals surface area (Å²) < 4.78 is 5.61. The fourth-order valence-corrected chi connectivity index (χ4v) is 2.42. The van der Waals surface area contributed by atoms with Gasteiger partial charge in [-0.25, -0.2) is 0 Å². The van der Waals surface area contributed by atoms with Crippen molar-refractivity contribution in [1.82, 2.24) is 10.2 Å². The number of nitrogens with one attached hydrogen (secondary N) is 1. The Kier molecular flexibility index (Phi) is 6.05. The predicted octanol–water partition coefficient (Wildman–Crippen LogP) is 0.940. The lowest BCUT2D eigenvalue weighted by Crippen LogP contribution is -2.57. The lowest BCUT2D eigenvalue weighted by atomic mass is 10.0. The summed E-state index contributed by atoms with van der Waals surface area (Å²) in [5.74, 6) is -0.796. The van der Waals surface area contributed by atoms with Gasteiger partial charge in [0.1, 0.15) is 5.54 Å². The summed E-state index contributed by atoms with van der Waals surface area (Å²) in [5.41, 5.74) is -0.886. The molecule has 1 aliphatic rings. The van der Waals surface area contributed by atoms with Gasteiger partial charge in [-0.3, -0.25) is 9.69 Å². The normalized spacial score (nSPS) is 23.2. The highest BCUT2D eigenvalue weighted by Crippen LogP contribution is 2.15. The Labute approximate surface area is 109 Å². The third-order valence-corrected chi connectivity index (χ3v) is 3.51. The third kappa shape index (κ3) is 4.23. The van der Waals surface area contributed by atoms with Crippen LogP contribution in [0.2, 0.25) is 0 Å². The van der Waals surface area contributed by atoms with Gasteiger partial charge in [0.05, 0.1) is 6.10 Å². The second kappa shape index (κ2) is 7.07. The van der Waals surface area contributed by atoms with E-state index in [1.807, 2.05) is 6.92 Å². The Hall–Kier alpha value is -0.650. The lowest BCUT2D eigenvalue weighted by molar-refractivity contribution is -0.145. The SMILES string of the molecule is CCNC(C)(CN(CC)CC1CCCO1)C(=O)O. The van der Waals surface area contributed by atoms with Crippen LogP contribution >= 0.6 is 0 Å². The van der Waals surface area contributed by atoms with Gasteiger partial charge in [0.2, 0.25) is 0 Å². The van der Waals surface area contributed by atoms with Crippen LogP contribution in [0.5, 0.6) is 0 Å². The zero-order valence-electron chi connectivity index (χ0n) is 11.7. The van der Waals surface area contributed by atoms with Gasteiger partial charge in [-0.2, -0.15) is 0 Å². The molecule has 1 rings (SSSR count). The Morgan fingerprint density at radius 2 is 2.28 bits per heavy atom. The summed E-state index contributed by atoms with van der Waals surface area (Å²) in [4.78, 5) is 13.5. The third-order valence-electron chi connectivity index (χ3n) is 3.51. The number of carboxylic acid groups (broad SMARTS) is 1. The molecule has 0 amide bonds. The van der Waals surface area contributed by atoms with Gasteiger partial charge in [0.15, 0.2) is 0 Å². The monoisotopic (exact) mass is 258 g/mol. The van der Waals surface area contributed by atoms with E-state index in [9.17, 15) is 9.90 Å². The molecule has 1 heterocycles. The maximum Gasteiger partial charge on any atom is 0.324 e. The molecule has 0 spiro atoms. The first kappa shape index (κ1) is 15.4.